The van der Waals surface area contributed by atoms with E-state index in [1.54, 1.807) is 0 Å². The number of hydrogen-bond acceptors (Lipinski definition) is 7. The summed E-state index contributed by atoms with van der Waals surface area (Å²) in [6.07, 6.45) is -1.59. The molecule has 1 saturated heterocycles. The smallest absolute Gasteiger partial charge is 0.351 e. The first-order chi connectivity index (χ1) is 8.85. The quantitative estimate of drug-likeness (QED) is 0.500. The van der Waals surface area contributed by atoms with Crippen molar-refractivity contribution in [3.63, 3.8) is 0 Å². The molecule has 19 heavy (non-hydrogen) atoms. The molecule has 8 nitrogen and oxygen atoms in total. The zero-order valence-electron chi connectivity index (χ0n) is 10.4. The van der Waals surface area contributed by atoms with E-state index in [-0.39, 0.29) is 12.2 Å². The van der Waals surface area contributed by atoms with Crippen molar-refractivity contribution in [1.29, 1.82) is 0 Å². The van der Waals surface area contributed by atoms with Crippen LogP contribution < -0.4 is 11.4 Å². The van der Waals surface area contributed by atoms with E-state index in [1.807, 2.05) is 0 Å². The molecule has 0 radical (unpaired) electrons. The summed E-state index contributed by atoms with van der Waals surface area (Å²) in [6.45, 7) is 1.03. The number of nitrogen functional groups attached to an aromatic ring is 1. The molecule has 0 saturated carbocycles. The normalized spacial score (nSPS) is 35.3. The Morgan fingerprint density at radius 2 is 2.37 bits per heavy atom. The number of ether oxygens (including phenoxy) is 1. The fraction of sp³-hybridized carbons (Fsp3) is 0.636. The van der Waals surface area contributed by atoms with Gasteiger partial charge in [0.05, 0.1) is 12.7 Å². The molecular weight excluding hydrogens is 254 g/mol. The molecule has 1 aliphatic rings. The number of hydrogen-bond donors (Lipinski definition) is 4. The number of aliphatic hydroxyl groups is 3. The maximum atomic E-state index is 11.8. The molecule has 106 valence electrons. The predicted octanol–water partition coefficient (Wildman–Crippen LogP) is -1.78. The van der Waals surface area contributed by atoms with E-state index in [2.05, 4.69) is 4.98 Å². The summed E-state index contributed by atoms with van der Waals surface area (Å²) in [5.41, 5.74) is 3.26. The second kappa shape index (κ2) is 4.89. The minimum absolute atomic E-state index is 0.0281. The Hall–Kier alpha value is -1.48. The standard InChI is InChI=1S/C11H17N3O5/c1-11(18)4-6(16)7(5-15)19-9(11)14-3-2-8(12)13-10(14)17/h2-3,6-7,9,15-16,18H,4-5H2,1H3,(H2,12,13,17)/t6?,7-,9-,11?/m1/s1. The highest BCUT2D eigenvalue weighted by Crippen LogP contribution is 2.35. The Bertz CT molecular complexity index is 515. The lowest BCUT2D eigenvalue weighted by Gasteiger charge is -2.43. The Kier molecular flexibility index (Phi) is 3.59. The van der Waals surface area contributed by atoms with Crippen LogP contribution in [0.5, 0.6) is 0 Å². The first-order valence-corrected chi connectivity index (χ1v) is 5.86. The number of aromatic nitrogens is 2. The molecule has 8 heteroatoms. The van der Waals surface area contributed by atoms with Crippen molar-refractivity contribution in [2.45, 2.75) is 37.4 Å². The van der Waals surface area contributed by atoms with Gasteiger partial charge in [-0.1, -0.05) is 0 Å². The number of nitrogens with zero attached hydrogens (tertiary/aromatic N) is 2. The van der Waals surface area contributed by atoms with E-state index in [1.165, 1.54) is 19.2 Å². The second-order valence-corrected chi connectivity index (χ2v) is 4.88. The Labute approximate surface area is 109 Å². The van der Waals surface area contributed by atoms with E-state index in [0.717, 1.165) is 4.57 Å². The summed E-state index contributed by atoms with van der Waals surface area (Å²) >= 11 is 0. The summed E-state index contributed by atoms with van der Waals surface area (Å²) in [5.74, 6) is 0.0652. The van der Waals surface area contributed by atoms with Gasteiger partial charge < -0.3 is 25.8 Å². The van der Waals surface area contributed by atoms with Crippen LogP contribution in [-0.4, -0.2) is 49.3 Å². The van der Waals surface area contributed by atoms with Gasteiger partial charge in [-0.05, 0) is 13.0 Å². The summed E-state index contributed by atoms with van der Waals surface area (Å²) in [5, 5.41) is 29.1. The molecule has 0 aliphatic carbocycles. The summed E-state index contributed by atoms with van der Waals surface area (Å²) < 4.78 is 6.49. The summed E-state index contributed by atoms with van der Waals surface area (Å²) in [7, 11) is 0. The van der Waals surface area contributed by atoms with Gasteiger partial charge in [-0.3, -0.25) is 4.57 Å². The molecule has 2 heterocycles. The molecule has 0 aromatic carbocycles. The van der Waals surface area contributed by atoms with Gasteiger partial charge in [0.15, 0.2) is 6.23 Å². The molecule has 0 spiro atoms. The van der Waals surface area contributed by atoms with Crippen LogP contribution in [0.3, 0.4) is 0 Å². The van der Waals surface area contributed by atoms with Crippen molar-refractivity contribution in [2.75, 3.05) is 12.3 Å². The third kappa shape index (κ3) is 2.61. The minimum atomic E-state index is -1.47. The van der Waals surface area contributed by atoms with Crippen LogP contribution in [0.1, 0.15) is 19.6 Å². The minimum Gasteiger partial charge on any atom is -0.394 e. The number of nitrogens with two attached hydrogens (primary N) is 1. The van der Waals surface area contributed by atoms with Crippen LogP contribution in [0, 0.1) is 0 Å². The molecule has 1 aliphatic heterocycles. The Morgan fingerprint density at radius 3 is 2.95 bits per heavy atom. The summed E-state index contributed by atoms with van der Waals surface area (Å²) in [6, 6.07) is 1.40. The fourth-order valence-electron chi connectivity index (χ4n) is 2.19. The average Bonchev–Trinajstić information content (AvgIpc) is 2.29. The topological polar surface area (TPSA) is 131 Å². The molecule has 1 fully saturated rings. The zero-order chi connectivity index (χ0) is 14.2. The molecule has 4 atom stereocenters. The van der Waals surface area contributed by atoms with Crippen molar-refractivity contribution in [1.82, 2.24) is 9.55 Å². The van der Waals surface area contributed by atoms with Gasteiger partial charge >= 0.3 is 5.69 Å². The Morgan fingerprint density at radius 1 is 1.68 bits per heavy atom. The van der Waals surface area contributed by atoms with Gasteiger partial charge in [-0.15, -0.1) is 0 Å². The fourth-order valence-corrected chi connectivity index (χ4v) is 2.19. The van der Waals surface area contributed by atoms with E-state index in [0.29, 0.717) is 0 Å². The van der Waals surface area contributed by atoms with Gasteiger partial charge in [0.1, 0.15) is 17.5 Å². The van der Waals surface area contributed by atoms with Crippen LogP contribution in [0.25, 0.3) is 0 Å². The van der Waals surface area contributed by atoms with Crippen LogP contribution in [0.4, 0.5) is 5.82 Å². The van der Waals surface area contributed by atoms with Crippen molar-refractivity contribution in [2.24, 2.45) is 0 Å². The van der Waals surface area contributed by atoms with Crippen molar-refractivity contribution in [3.05, 3.63) is 22.7 Å². The molecule has 1 aromatic rings. The molecular formula is C11H17N3O5. The highest BCUT2D eigenvalue weighted by Gasteiger charge is 2.45. The maximum Gasteiger partial charge on any atom is 0.351 e. The van der Waals surface area contributed by atoms with Crippen LogP contribution in [0.2, 0.25) is 0 Å². The van der Waals surface area contributed by atoms with E-state index >= 15 is 0 Å². The molecule has 0 bridgehead atoms. The third-order valence-electron chi connectivity index (χ3n) is 3.17. The van der Waals surface area contributed by atoms with E-state index < -0.39 is 36.3 Å². The third-order valence-corrected chi connectivity index (χ3v) is 3.17. The van der Waals surface area contributed by atoms with Crippen molar-refractivity contribution in [3.8, 4) is 0 Å². The second-order valence-electron chi connectivity index (χ2n) is 4.88. The molecule has 5 N–H and O–H groups in total. The number of anilines is 1. The lowest BCUT2D eigenvalue weighted by Crippen LogP contribution is -2.54. The largest absolute Gasteiger partial charge is 0.394 e. The maximum absolute atomic E-state index is 11.8. The van der Waals surface area contributed by atoms with Gasteiger partial charge in [0, 0.05) is 12.6 Å². The highest BCUT2D eigenvalue weighted by atomic mass is 16.6. The van der Waals surface area contributed by atoms with Gasteiger partial charge in [-0.2, -0.15) is 4.98 Å². The van der Waals surface area contributed by atoms with Crippen molar-refractivity contribution >= 4 is 5.82 Å². The summed E-state index contributed by atoms with van der Waals surface area (Å²) in [4.78, 5) is 15.3. The SMILES string of the molecule is CC1(O)CC(O)[C@@H](CO)O[C@H]1n1ccc(N)nc1=O. The first kappa shape index (κ1) is 13.9. The predicted molar refractivity (Wildman–Crippen MR) is 65.2 cm³/mol. The zero-order valence-corrected chi connectivity index (χ0v) is 10.4. The van der Waals surface area contributed by atoms with Gasteiger partial charge in [0.25, 0.3) is 0 Å². The van der Waals surface area contributed by atoms with E-state index in [9.17, 15) is 15.0 Å². The van der Waals surface area contributed by atoms with Crippen molar-refractivity contribution < 1.29 is 20.1 Å². The van der Waals surface area contributed by atoms with Gasteiger partial charge in [0.2, 0.25) is 0 Å². The molecule has 1 aromatic heterocycles. The molecule has 0 amide bonds. The monoisotopic (exact) mass is 271 g/mol. The molecule has 2 rings (SSSR count). The molecule has 2 unspecified atom stereocenters. The number of aliphatic hydroxyl groups excluding tert-OH is 2. The number of rotatable bonds is 2. The van der Waals surface area contributed by atoms with Crippen LogP contribution >= 0.6 is 0 Å². The highest BCUT2D eigenvalue weighted by molar-refractivity contribution is 5.23. The van der Waals surface area contributed by atoms with E-state index in [4.69, 9.17) is 15.6 Å². The van der Waals surface area contributed by atoms with Crippen LogP contribution in [-0.2, 0) is 4.74 Å². The van der Waals surface area contributed by atoms with Gasteiger partial charge in [-0.25, -0.2) is 4.79 Å². The lowest BCUT2D eigenvalue weighted by molar-refractivity contribution is -0.245. The average molecular weight is 271 g/mol. The lowest BCUT2D eigenvalue weighted by atomic mass is 9.90. The Balaban J connectivity index is 2.38. The van der Waals surface area contributed by atoms with Crippen LogP contribution in [0.15, 0.2) is 17.1 Å². The first-order valence-electron chi connectivity index (χ1n) is 5.86.